The maximum atomic E-state index is 12.2. The lowest BCUT2D eigenvalue weighted by molar-refractivity contribution is 0.0950. The van der Waals surface area contributed by atoms with E-state index in [-0.39, 0.29) is 11.5 Å². The Labute approximate surface area is 151 Å². The van der Waals surface area contributed by atoms with Crippen molar-refractivity contribution in [3.63, 3.8) is 0 Å². The number of hydrogen-bond donors (Lipinski definition) is 2. The fourth-order valence-corrected chi connectivity index (χ4v) is 2.67. The van der Waals surface area contributed by atoms with Crippen LogP contribution in [0.15, 0.2) is 71.8 Å². The summed E-state index contributed by atoms with van der Waals surface area (Å²) >= 11 is 0. The molecule has 0 fully saturated rings. The van der Waals surface area contributed by atoms with Gasteiger partial charge in [0.15, 0.2) is 0 Å². The Morgan fingerprint density at radius 2 is 1.92 bits per heavy atom. The molecule has 0 atom stereocenters. The Bertz CT molecular complexity index is 917. The van der Waals surface area contributed by atoms with Crippen LogP contribution in [0.2, 0.25) is 0 Å². The zero-order chi connectivity index (χ0) is 18.4. The molecular weight excluding hydrogens is 328 g/mol. The Morgan fingerprint density at radius 3 is 2.65 bits per heavy atom. The molecule has 0 saturated heterocycles. The standard InChI is InChI=1S/C20H20N4O2/c1-24(14-15-6-3-2-4-7-15)19-16(8-5-11-21-19)12-23-20(26)17-9-10-18(25)22-13-17/h2-11,13H,12,14H2,1H3,(H,22,25)(H,23,26). The third kappa shape index (κ3) is 4.36. The lowest BCUT2D eigenvalue weighted by Crippen LogP contribution is -2.26. The van der Waals surface area contributed by atoms with Crippen molar-refractivity contribution >= 4 is 11.7 Å². The molecule has 3 aromatic rings. The summed E-state index contributed by atoms with van der Waals surface area (Å²) in [7, 11) is 1.97. The number of pyridine rings is 2. The van der Waals surface area contributed by atoms with Gasteiger partial charge in [-0.3, -0.25) is 9.59 Å². The highest BCUT2D eigenvalue weighted by Gasteiger charge is 2.11. The van der Waals surface area contributed by atoms with Crippen LogP contribution in [0.5, 0.6) is 0 Å². The van der Waals surface area contributed by atoms with Crippen LogP contribution in [-0.2, 0) is 13.1 Å². The first-order valence-corrected chi connectivity index (χ1v) is 8.29. The molecule has 0 aliphatic heterocycles. The molecule has 0 unspecified atom stereocenters. The van der Waals surface area contributed by atoms with Crippen molar-refractivity contribution in [2.45, 2.75) is 13.1 Å². The number of rotatable bonds is 6. The van der Waals surface area contributed by atoms with Crippen LogP contribution in [0.4, 0.5) is 5.82 Å². The highest BCUT2D eigenvalue weighted by molar-refractivity contribution is 5.93. The molecule has 0 radical (unpaired) electrons. The van der Waals surface area contributed by atoms with Gasteiger partial charge in [0.1, 0.15) is 5.82 Å². The average Bonchev–Trinajstić information content (AvgIpc) is 2.67. The summed E-state index contributed by atoms with van der Waals surface area (Å²) in [5.74, 6) is 0.569. The summed E-state index contributed by atoms with van der Waals surface area (Å²) in [6.07, 6.45) is 3.15. The van der Waals surface area contributed by atoms with Crippen molar-refractivity contribution in [3.8, 4) is 0 Å². The van der Waals surface area contributed by atoms with E-state index < -0.39 is 0 Å². The molecule has 0 saturated carbocycles. The molecule has 0 spiro atoms. The van der Waals surface area contributed by atoms with Gasteiger partial charge < -0.3 is 15.2 Å². The Balaban J connectivity index is 1.69. The van der Waals surface area contributed by atoms with Crippen molar-refractivity contribution in [1.29, 1.82) is 0 Å². The van der Waals surface area contributed by atoms with Crippen LogP contribution < -0.4 is 15.8 Å². The third-order valence-electron chi connectivity index (χ3n) is 3.98. The van der Waals surface area contributed by atoms with E-state index in [9.17, 15) is 9.59 Å². The van der Waals surface area contributed by atoms with Crippen molar-refractivity contribution in [3.05, 3.63) is 94.0 Å². The molecule has 0 aliphatic rings. The number of nitrogens with one attached hydrogen (secondary N) is 2. The quantitative estimate of drug-likeness (QED) is 0.717. The number of H-pyrrole nitrogens is 1. The van der Waals surface area contributed by atoms with Crippen LogP contribution in [0, 0.1) is 0 Å². The van der Waals surface area contributed by atoms with Gasteiger partial charge >= 0.3 is 0 Å². The van der Waals surface area contributed by atoms with Gasteiger partial charge in [0.25, 0.3) is 5.91 Å². The predicted octanol–water partition coefficient (Wildman–Crippen LogP) is 2.34. The average molecular weight is 348 g/mol. The van der Waals surface area contributed by atoms with E-state index in [0.717, 1.165) is 17.9 Å². The van der Waals surface area contributed by atoms with Gasteiger partial charge in [-0.2, -0.15) is 0 Å². The van der Waals surface area contributed by atoms with E-state index in [1.165, 1.54) is 23.9 Å². The molecule has 6 heteroatoms. The minimum Gasteiger partial charge on any atom is -0.355 e. The number of aromatic nitrogens is 2. The fourth-order valence-electron chi connectivity index (χ4n) is 2.67. The molecule has 0 aliphatic carbocycles. The molecule has 3 rings (SSSR count). The molecule has 2 heterocycles. The molecule has 1 aromatic carbocycles. The van der Waals surface area contributed by atoms with E-state index in [2.05, 4.69) is 32.3 Å². The number of hydrogen-bond acceptors (Lipinski definition) is 4. The van der Waals surface area contributed by atoms with Crippen molar-refractivity contribution < 1.29 is 4.79 Å². The molecule has 132 valence electrons. The highest BCUT2D eigenvalue weighted by atomic mass is 16.1. The van der Waals surface area contributed by atoms with E-state index in [1.807, 2.05) is 37.4 Å². The van der Waals surface area contributed by atoms with Gasteiger partial charge in [-0.15, -0.1) is 0 Å². The molecular formula is C20H20N4O2. The smallest absolute Gasteiger partial charge is 0.253 e. The lowest BCUT2D eigenvalue weighted by Gasteiger charge is -2.21. The number of benzene rings is 1. The van der Waals surface area contributed by atoms with E-state index in [0.29, 0.717) is 12.1 Å². The van der Waals surface area contributed by atoms with Crippen LogP contribution in [-0.4, -0.2) is 22.9 Å². The topological polar surface area (TPSA) is 78.1 Å². The molecule has 1 amide bonds. The molecule has 2 N–H and O–H groups in total. The van der Waals surface area contributed by atoms with Gasteiger partial charge in [-0.05, 0) is 17.7 Å². The van der Waals surface area contributed by atoms with Gasteiger partial charge in [-0.25, -0.2) is 4.98 Å². The Hall–Kier alpha value is -3.41. The summed E-state index contributed by atoms with van der Waals surface area (Å²) in [5, 5.41) is 2.87. The SMILES string of the molecule is CN(Cc1ccccc1)c1ncccc1CNC(=O)c1ccc(=O)[nH]c1. The zero-order valence-corrected chi connectivity index (χ0v) is 14.5. The largest absolute Gasteiger partial charge is 0.355 e. The molecule has 26 heavy (non-hydrogen) atoms. The molecule has 6 nitrogen and oxygen atoms in total. The summed E-state index contributed by atoms with van der Waals surface area (Å²) in [6.45, 7) is 1.07. The second-order valence-electron chi connectivity index (χ2n) is 5.95. The van der Waals surface area contributed by atoms with E-state index >= 15 is 0 Å². The van der Waals surface area contributed by atoms with Crippen LogP contribution in [0.3, 0.4) is 0 Å². The second-order valence-corrected chi connectivity index (χ2v) is 5.95. The number of carbonyl (C=O) groups excluding carboxylic acids is 1. The lowest BCUT2D eigenvalue weighted by atomic mass is 10.2. The van der Waals surface area contributed by atoms with Crippen LogP contribution in [0.1, 0.15) is 21.5 Å². The van der Waals surface area contributed by atoms with E-state index in [4.69, 9.17) is 0 Å². The molecule has 2 aromatic heterocycles. The fraction of sp³-hybridized carbons (Fsp3) is 0.150. The first-order chi connectivity index (χ1) is 12.6. The highest BCUT2D eigenvalue weighted by Crippen LogP contribution is 2.18. The Kier molecular flexibility index (Phi) is 5.43. The monoisotopic (exact) mass is 348 g/mol. The van der Waals surface area contributed by atoms with Gasteiger partial charge in [0.2, 0.25) is 5.56 Å². The number of carbonyl (C=O) groups is 1. The maximum Gasteiger partial charge on any atom is 0.253 e. The normalized spacial score (nSPS) is 10.3. The van der Waals surface area contributed by atoms with Crippen LogP contribution >= 0.6 is 0 Å². The predicted molar refractivity (Wildman–Crippen MR) is 101 cm³/mol. The number of aromatic amines is 1. The zero-order valence-electron chi connectivity index (χ0n) is 14.5. The summed E-state index contributed by atoms with van der Waals surface area (Å²) < 4.78 is 0. The van der Waals surface area contributed by atoms with Gasteiger partial charge in [0, 0.05) is 44.2 Å². The minimum absolute atomic E-state index is 0.237. The summed E-state index contributed by atoms with van der Waals surface area (Å²) in [5.41, 5.74) is 2.28. The van der Waals surface area contributed by atoms with Crippen molar-refractivity contribution in [2.75, 3.05) is 11.9 Å². The van der Waals surface area contributed by atoms with Crippen LogP contribution in [0.25, 0.3) is 0 Å². The van der Waals surface area contributed by atoms with Gasteiger partial charge in [0.05, 0.1) is 5.56 Å². The number of nitrogens with zero attached hydrogens (tertiary/aromatic N) is 2. The van der Waals surface area contributed by atoms with Crippen molar-refractivity contribution in [2.24, 2.45) is 0 Å². The number of anilines is 1. The van der Waals surface area contributed by atoms with Crippen molar-refractivity contribution in [1.82, 2.24) is 15.3 Å². The maximum absolute atomic E-state index is 12.2. The number of amides is 1. The minimum atomic E-state index is -0.248. The Morgan fingerprint density at radius 1 is 1.12 bits per heavy atom. The van der Waals surface area contributed by atoms with E-state index in [1.54, 1.807) is 6.20 Å². The summed E-state index contributed by atoms with van der Waals surface area (Å²) in [6, 6.07) is 16.8. The third-order valence-corrected chi connectivity index (χ3v) is 3.98. The van der Waals surface area contributed by atoms with Gasteiger partial charge in [-0.1, -0.05) is 36.4 Å². The summed E-state index contributed by atoms with van der Waals surface area (Å²) in [4.78, 5) is 32.3. The first kappa shape index (κ1) is 17.4. The first-order valence-electron chi connectivity index (χ1n) is 8.29. The molecule has 0 bridgehead atoms. The second kappa shape index (κ2) is 8.11.